The number of amides is 1. The quantitative estimate of drug-likeness (QED) is 0.786. The number of carbonyl (C=O) groups is 1. The summed E-state index contributed by atoms with van der Waals surface area (Å²) >= 11 is 0. The summed E-state index contributed by atoms with van der Waals surface area (Å²) in [4.78, 5) is 16.5. The maximum Gasteiger partial charge on any atom is 0.248 e. The summed E-state index contributed by atoms with van der Waals surface area (Å²) in [6.45, 7) is 5.36. The Labute approximate surface area is 149 Å². The monoisotopic (exact) mass is 348 g/mol. The molecule has 0 unspecified atom stereocenters. The van der Waals surface area contributed by atoms with Crippen molar-refractivity contribution in [2.24, 2.45) is 5.92 Å². The van der Waals surface area contributed by atoms with Crippen molar-refractivity contribution in [1.29, 1.82) is 0 Å². The van der Waals surface area contributed by atoms with Gasteiger partial charge in [0.2, 0.25) is 5.91 Å². The van der Waals surface area contributed by atoms with Crippen LogP contribution in [0.1, 0.15) is 31.2 Å². The normalized spacial score (nSPS) is 29.9. The van der Waals surface area contributed by atoms with Gasteiger partial charge in [-0.3, -0.25) is 9.69 Å². The Morgan fingerprint density at radius 1 is 1.24 bits per heavy atom. The fraction of sp³-hybridized carbons (Fsp3) is 0.737. The maximum absolute atomic E-state index is 12.1. The zero-order chi connectivity index (χ0) is 17.1. The molecule has 1 aromatic heterocycles. The van der Waals surface area contributed by atoms with Crippen LogP contribution in [-0.4, -0.2) is 67.3 Å². The van der Waals surface area contributed by atoms with Crippen LogP contribution >= 0.6 is 0 Å². The summed E-state index contributed by atoms with van der Waals surface area (Å²) in [5.74, 6) is 0.622. The number of hydrogen-bond acceptors (Lipinski definition) is 5. The second-order valence-corrected chi connectivity index (χ2v) is 7.52. The van der Waals surface area contributed by atoms with Gasteiger partial charge in [0.1, 0.15) is 6.61 Å². The predicted molar refractivity (Wildman–Crippen MR) is 92.0 cm³/mol. The minimum absolute atomic E-state index is 0.144. The average Bonchev–Trinajstić information content (AvgIpc) is 3.36. The maximum atomic E-state index is 12.1. The Kier molecular flexibility index (Phi) is 5.39. The van der Waals surface area contributed by atoms with Crippen molar-refractivity contribution < 1.29 is 18.7 Å². The number of ether oxygens (including phenoxy) is 2. The smallest absolute Gasteiger partial charge is 0.248 e. The van der Waals surface area contributed by atoms with Gasteiger partial charge in [-0.05, 0) is 37.7 Å². The largest absolute Gasteiger partial charge is 0.472 e. The van der Waals surface area contributed by atoms with Gasteiger partial charge in [0.25, 0.3) is 0 Å². The lowest BCUT2D eigenvalue weighted by molar-refractivity contribution is -0.135. The molecule has 0 bridgehead atoms. The third-order valence-corrected chi connectivity index (χ3v) is 5.75. The van der Waals surface area contributed by atoms with Crippen LogP contribution in [0.2, 0.25) is 0 Å². The van der Waals surface area contributed by atoms with Crippen molar-refractivity contribution in [1.82, 2.24) is 9.80 Å². The van der Waals surface area contributed by atoms with Crippen LogP contribution in [0.25, 0.3) is 0 Å². The molecule has 2 saturated heterocycles. The SMILES string of the molecule is O=C(COC[C@@H]1C[C@@H]2OCCN(Cc3ccoc3)[C@H]2C1)N1CCCC1. The molecule has 138 valence electrons. The van der Waals surface area contributed by atoms with E-state index in [0.717, 1.165) is 58.5 Å². The highest BCUT2D eigenvalue weighted by molar-refractivity contribution is 5.77. The highest BCUT2D eigenvalue weighted by Crippen LogP contribution is 2.35. The second-order valence-electron chi connectivity index (χ2n) is 7.52. The molecule has 0 spiro atoms. The first kappa shape index (κ1) is 17.1. The van der Waals surface area contributed by atoms with Gasteiger partial charge in [-0.2, -0.15) is 0 Å². The highest BCUT2D eigenvalue weighted by Gasteiger charge is 2.41. The van der Waals surface area contributed by atoms with E-state index in [4.69, 9.17) is 13.9 Å². The van der Waals surface area contributed by atoms with Crippen molar-refractivity contribution in [3.8, 4) is 0 Å². The standard InChI is InChI=1S/C19H28N2O4/c22-19(20-4-1-2-5-20)14-24-13-16-9-17-18(10-16)25-8-6-21(17)11-15-3-7-23-12-15/h3,7,12,16-18H,1-2,4-6,8-11,13-14H2/t16-,17-,18-/m0/s1. The first-order valence-electron chi connectivity index (χ1n) is 9.52. The third-order valence-electron chi connectivity index (χ3n) is 5.75. The molecule has 0 radical (unpaired) electrons. The van der Waals surface area contributed by atoms with Crippen molar-refractivity contribution in [2.75, 3.05) is 39.5 Å². The van der Waals surface area contributed by atoms with Gasteiger partial charge in [-0.25, -0.2) is 0 Å². The van der Waals surface area contributed by atoms with Gasteiger partial charge >= 0.3 is 0 Å². The summed E-state index contributed by atoms with van der Waals surface area (Å²) in [7, 11) is 0. The van der Waals surface area contributed by atoms with Crippen molar-refractivity contribution >= 4 is 5.91 Å². The van der Waals surface area contributed by atoms with Crippen LogP contribution in [0.3, 0.4) is 0 Å². The lowest BCUT2D eigenvalue weighted by Gasteiger charge is -2.37. The molecular formula is C19H28N2O4. The van der Waals surface area contributed by atoms with Gasteiger partial charge in [0.05, 0.1) is 31.8 Å². The number of hydrogen-bond donors (Lipinski definition) is 0. The van der Waals surface area contributed by atoms with Gasteiger partial charge in [-0.1, -0.05) is 0 Å². The Balaban J connectivity index is 1.24. The second kappa shape index (κ2) is 7.89. The van der Waals surface area contributed by atoms with Gasteiger partial charge in [0.15, 0.2) is 0 Å². The van der Waals surface area contributed by atoms with E-state index in [1.165, 1.54) is 5.56 Å². The molecule has 25 heavy (non-hydrogen) atoms. The summed E-state index contributed by atoms with van der Waals surface area (Å²) in [6, 6.07) is 2.48. The minimum Gasteiger partial charge on any atom is -0.472 e. The Morgan fingerprint density at radius 2 is 2.12 bits per heavy atom. The molecule has 1 saturated carbocycles. The summed E-state index contributed by atoms with van der Waals surface area (Å²) in [5.41, 5.74) is 1.22. The number of morpholine rings is 1. The average molecular weight is 348 g/mol. The fourth-order valence-corrected chi connectivity index (χ4v) is 4.45. The van der Waals surface area contributed by atoms with Crippen molar-refractivity contribution in [3.05, 3.63) is 24.2 Å². The molecule has 4 rings (SSSR count). The van der Waals surface area contributed by atoms with Crippen LogP contribution in [-0.2, 0) is 20.8 Å². The van der Waals surface area contributed by atoms with E-state index >= 15 is 0 Å². The van der Waals surface area contributed by atoms with Crippen LogP contribution < -0.4 is 0 Å². The van der Waals surface area contributed by atoms with Gasteiger partial charge in [-0.15, -0.1) is 0 Å². The highest BCUT2D eigenvalue weighted by atomic mass is 16.5. The van der Waals surface area contributed by atoms with Crippen LogP contribution in [0, 0.1) is 5.92 Å². The lowest BCUT2D eigenvalue weighted by Crippen LogP contribution is -2.47. The molecule has 2 aliphatic heterocycles. The number of likely N-dealkylation sites (tertiary alicyclic amines) is 1. The Bertz CT molecular complexity index is 556. The zero-order valence-electron chi connectivity index (χ0n) is 14.8. The molecule has 0 N–H and O–H groups in total. The summed E-state index contributed by atoms with van der Waals surface area (Å²) < 4.78 is 16.9. The van der Waals surface area contributed by atoms with Crippen molar-refractivity contribution in [3.63, 3.8) is 0 Å². The number of carbonyl (C=O) groups excluding carboxylic acids is 1. The molecular weight excluding hydrogens is 320 g/mol. The van der Waals surface area contributed by atoms with Gasteiger partial charge < -0.3 is 18.8 Å². The minimum atomic E-state index is 0.144. The molecule has 6 heteroatoms. The predicted octanol–water partition coefficient (Wildman–Crippen LogP) is 1.90. The summed E-state index contributed by atoms with van der Waals surface area (Å²) in [6.07, 6.45) is 8.22. The molecule has 3 atom stereocenters. The van der Waals surface area contributed by atoms with E-state index < -0.39 is 0 Å². The van der Waals surface area contributed by atoms with Crippen molar-refractivity contribution in [2.45, 2.75) is 44.4 Å². The zero-order valence-corrected chi connectivity index (χ0v) is 14.8. The molecule has 1 aromatic rings. The molecule has 3 heterocycles. The molecule has 6 nitrogen and oxygen atoms in total. The Hall–Kier alpha value is -1.37. The lowest BCUT2D eigenvalue weighted by atomic mass is 10.1. The molecule has 1 aliphatic carbocycles. The molecule has 1 amide bonds. The van der Waals surface area contributed by atoms with E-state index in [2.05, 4.69) is 4.90 Å². The molecule has 0 aromatic carbocycles. The summed E-state index contributed by atoms with van der Waals surface area (Å²) in [5, 5.41) is 0. The number of furan rings is 1. The van der Waals surface area contributed by atoms with Gasteiger partial charge in [0, 0.05) is 37.8 Å². The van der Waals surface area contributed by atoms with E-state index in [1.807, 2.05) is 17.2 Å². The van der Waals surface area contributed by atoms with E-state index in [-0.39, 0.29) is 12.5 Å². The first-order chi connectivity index (χ1) is 12.3. The number of nitrogens with zero attached hydrogens (tertiary/aromatic N) is 2. The molecule has 3 aliphatic rings. The van der Waals surface area contributed by atoms with E-state index in [9.17, 15) is 4.79 Å². The first-order valence-corrected chi connectivity index (χ1v) is 9.52. The fourth-order valence-electron chi connectivity index (χ4n) is 4.45. The Morgan fingerprint density at radius 3 is 2.92 bits per heavy atom. The van der Waals surface area contributed by atoms with E-state index in [1.54, 1.807) is 6.26 Å². The van der Waals surface area contributed by atoms with E-state index in [0.29, 0.717) is 24.7 Å². The van der Waals surface area contributed by atoms with Crippen LogP contribution in [0.4, 0.5) is 0 Å². The number of rotatable bonds is 6. The van der Waals surface area contributed by atoms with Crippen LogP contribution in [0.15, 0.2) is 23.0 Å². The molecule has 3 fully saturated rings. The third kappa shape index (κ3) is 4.07. The number of fused-ring (bicyclic) bond motifs is 1. The topological polar surface area (TPSA) is 55.2 Å². The van der Waals surface area contributed by atoms with Crippen LogP contribution in [0.5, 0.6) is 0 Å².